The Morgan fingerprint density at radius 2 is 0.342 bits per heavy atom. The Bertz CT molecular complexity index is 7090. The Morgan fingerprint density at radius 3 is 0.675 bits per heavy atom. The van der Waals surface area contributed by atoms with E-state index < -0.39 is 16.1 Å². The highest BCUT2D eigenvalue weighted by Crippen LogP contribution is 2.40. The summed E-state index contributed by atoms with van der Waals surface area (Å²) >= 11 is 0. The Labute approximate surface area is 664 Å². The number of hydrogen-bond acceptors (Lipinski definition) is 0. The van der Waals surface area contributed by atoms with Gasteiger partial charge in [0.05, 0.1) is 44.1 Å². The second kappa shape index (κ2) is 28.5. The van der Waals surface area contributed by atoms with E-state index >= 15 is 0 Å². The summed E-state index contributed by atoms with van der Waals surface area (Å²) in [5, 5.41) is 21.1. The van der Waals surface area contributed by atoms with Gasteiger partial charge in [-0.25, -0.2) is 0 Å². The molecule has 114 heavy (non-hydrogen) atoms. The first-order chi connectivity index (χ1) is 56.6. The molecule has 4 heterocycles. The molecular formula is C108H76N4Si2. The molecule has 6 heteroatoms. The second-order valence-electron chi connectivity index (χ2n) is 29.8. The van der Waals surface area contributed by atoms with E-state index in [0.717, 1.165) is 11.4 Å². The average molecular weight is 1490 g/mol. The highest BCUT2D eigenvalue weighted by Gasteiger charge is 2.43. The summed E-state index contributed by atoms with van der Waals surface area (Å²) < 4.78 is 9.65. The number of benzene rings is 18. The number of fused-ring (bicyclic) bond motifs is 12. The van der Waals surface area contributed by atoms with Crippen LogP contribution < -0.4 is 41.5 Å². The van der Waals surface area contributed by atoms with Gasteiger partial charge in [-0.15, -0.1) is 0 Å². The first-order valence-corrected chi connectivity index (χ1v) is 43.4. The predicted molar refractivity (Wildman–Crippen MR) is 488 cm³/mol. The fourth-order valence-electron chi connectivity index (χ4n) is 18.7. The van der Waals surface area contributed by atoms with Crippen molar-refractivity contribution in [2.75, 3.05) is 0 Å². The van der Waals surface area contributed by atoms with Crippen LogP contribution in [0.15, 0.2) is 461 Å². The minimum atomic E-state index is -2.72. The molecule has 0 unspecified atom stereocenters. The van der Waals surface area contributed by atoms with E-state index in [1.165, 1.54) is 162 Å². The van der Waals surface area contributed by atoms with Gasteiger partial charge in [0, 0.05) is 65.8 Å². The molecule has 0 fully saturated rings. The smallest absolute Gasteiger partial charge is 0.179 e. The van der Waals surface area contributed by atoms with E-state index in [4.69, 9.17) is 0 Å². The van der Waals surface area contributed by atoms with Gasteiger partial charge in [-0.05, 0) is 173 Å². The van der Waals surface area contributed by atoms with Crippen molar-refractivity contribution in [3.63, 3.8) is 0 Å². The SMILES string of the molecule is c1ccc(-n2c3ccccc3c3cc(-c4ccc(-n5c6ccccc6c6cc([Si](c7ccccc7)(c7ccccc7)c7ccccc7)ccc65)cc4)ccc32)cc1.c1ccc(-n2c3ccccc3c3cc(-c4ccc(-n5c6ccccc6c6ccc([Si](c7ccccc7)(c7ccccc7)c7ccccc7)cc65)cc4)ccc32)cc1. The number of nitrogens with zero attached hydrogens (tertiary/aromatic N) is 4. The summed E-state index contributed by atoms with van der Waals surface area (Å²) in [5.74, 6) is 0. The zero-order valence-electron chi connectivity index (χ0n) is 62.7. The van der Waals surface area contributed by atoms with E-state index in [1.807, 2.05) is 0 Å². The monoisotopic (exact) mass is 1480 g/mol. The summed E-state index contributed by atoms with van der Waals surface area (Å²) in [4.78, 5) is 0. The minimum absolute atomic E-state index is 1.15. The Morgan fingerprint density at radius 1 is 0.123 bits per heavy atom. The van der Waals surface area contributed by atoms with Crippen molar-refractivity contribution in [3.05, 3.63) is 461 Å². The quantitative estimate of drug-likeness (QED) is 0.0764. The molecule has 0 saturated heterocycles. The third-order valence-electron chi connectivity index (χ3n) is 23.7. The largest absolute Gasteiger partial charge is 0.309 e. The van der Waals surface area contributed by atoms with Crippen LogP contribution >= 0.6 is 0 Å². The number of para-hydroxylation sites is 6. The second-order valence-corrected chi connectivity index (χ2v) is 37.4. The molecule has 0 spiro atoms. The van der Waals surface area contributed by atoms with Crippen molar-refractivity contribution in [1.82, 2.24) is 18.3 Å². The zero-order chi connectivity index (χ0) is 75.5. The van der Waals surface area contributed by atoms with Crippen LogP contribution in [0.3, 0.4) is 0 Å². The molecule has 0 bridgehead atoms. The van der Waals surface area contributed by atoms with Crippen molar-refractivity contribution in [1.29, 1.82) is 0 Å². The van der Waals surface area contributed by atoms with Crippen LogP contribution in [-0.2, 0) is 0 Å². The van der Waals surface area contributed by atoms with Crippen molar-refractivity contribution in [2.45, 2.75) is 0 Å². The molecule has 0 amide bonds. The van der Waals surface area contributed by atoms with Gasteiger partial charge in [-0.1, -0.05) is 352 Å². The van der Waals surface area contributed by atoms with Gasteiger partial charge in [0.25, 0.3) is 0 Å². The third-order valence-corrected chi connectivity index (χ3v) is 33.3. The minimum Gasteiger partial charge on any atom is -0.309 e. The fraction of sp³-hybridized carbons (Fsp3) is 0. The van der Waals surface area contributed by atoms with Gasteiger partial charge < -0.3 is 18.3 Å². The standard InChI is InChI=1S/2C54H38N2Si/c1-5-17-41(18-6-1)55-52-28-16-14-26-48(52)50-37-40(31-36-53(50)55)39-29-32-42(33-30-39)56-51-27-15-13-25-47(51)49-35-34-46(38-54(49)56)57(43-19-7-2-8-20-43,44-21-9-3-10-22-44)45-23-11-4-12-24-45;1-5-17-41(18-6-1)55-51-27-15-13-25-47(51)49-37-40(31-35-53(49)55)39-29-32-42(33-30-39)56-52-28-16-14-26-48(52)50-38-46(34-36-54(50)56)57(43-19-7-2-8-20-43,44-21-9-3-10-22-44)45-23-11-4-12-24-45/h2*1-38H. The Kier molecular flexibility index (Phi) is 16.9. The van der Waals surface area contributed by atoms with Gasteiger partial charge in [-0.2, -0.15) is 0 Å². The van der Waals surface area contributed by atoms with Crippen molar-refractivity contribution >= 4 is 145 Å². The van der Waals surface area contributed by atoms with Crippen LogP contribution in [0.5, 0.6) is 0 Å². The summed E-state index contributed by atoms with van der Waals surface area (Å²) in [7, 11) is -5.41. The molecular weight excluding hydrogens is 1410 g/mol. The topological polar surface area (TPSA) is 19.7 Å². The van der Waals surface area contributed by atoms with Crippen molar-refractivity contribution in [2.24, 2.45) is 0 Å². The van der Waals surface area contributed by atoms with E-state index in [9.17, 15) is 0 Å². The lowest BCUT2D eigenvalue weighted by molar-refractivity contribution is 1.18. The number of hydrogen-bond donors (Lipinski definition) is 0. The van der Waals surface area contributed by atoms with Crippen LogP contribution in [0.1, 0.15) is 0 Å². The van der Waals surface area contributed by atoms with Gasteiger partial charge in [0.2, 0.25) is 0 Å². The first-order valence-electron chi connectivity index (χ1n) is 39.4. The van der Waals surface area contributed by atoms with Gasteiger partial charge in [-0.3, -0.25) is 0 Å². The van der Waals surface area contributed by atoms with Crippen molar-refractivity contribution in [3.8, 4) is 45.0 Å². The summed E-state index contributed by atoms with van der Waals surface area (Å²) in [6.45, 7) is 0. The summed E-state index contributed by atoms with van der Waals surface area (Å²) in [5.41, 5.74) is 19.2. The number of rotatable bonds is 14. The summed E-state index contributed by atoms with van der Waals surface area (Å²) in [6.07, 6.45) is 0. The molecule has 0 N–H and O–H groups in total. The predicted octanol–water partition coefficient (Wildman–Crippen LogP) is 21.9. The van der Waals surface area contributed by atoms with Gasteiger partial charge in [0.15, 0.2) is 16.1 Å². The molecule has 0 atom stereocenters. The maximum absolute atomic E-state index is 2.72. The molecule has 22 rings (SSSR count). The third kappa shape index (κ3) is 11.2. The lowest BCUT2D eigenvalue weighted by Gasteiger charge is -2.34. The highest BCUT2D eigenvalue weighted by molar-refractivity contribution is 7.20. The molecule has 18 aromatic carbocycles. The highest BCUT2D eigenvalue weighted by atomic mass is 28.3. The lowest BCUT2D eigenvalue weighted by atomic mass is 10.0. The van der Waals surface area contributed by atoms with Crippen LogP contribution in [-0.4, -0.2) is 34.4 Å². The maximum atomic E-state index is 2.50. The zero-order valence-corrected chi connectivity index (χ0v) is 64.7. The molecule has 0 aliphatic rings. The molecule has 0 aliphatic heterocycles. The van der Waals surface area contributed by atoms with Crippen LogP contribution in [0.2, 0.25) is 0 Å². The molecule has 0 radical (unpaired) electrons. The van der Waals surface area contributed by atoms with E-state index in [-0.39, 0.29) is 0 Å². The lowest BCUT2D eigenvalue weighted by Crippen LogP contribution is -2.74. The molecule has 536 valence electrons. The number of aromatic nitrogens is 4. The van der Waals surface area contributed by atoms with Gasteiger partial charge in [0.1, 0.15) is 0 Å². The van der Waals surface area contributed by atoms with E-state index in [0.29, 0.717) is 0 Å². The summed E-state index contributed by atoms with van der Waals surface area (Å²) in [6, 6.07) is 170. The van der Waals surface area contributed by atoms with Crippen molar-refractivity contribution < 1.29 is 0 Å². The van der Waals surface area contributed by atoms with Gasteiger partial charge >= 0.3 is 0 Å². The molecule has 4 aromatic heterocycles. The van der Waals surface area contributed by atoms with Crippen LogP contribution in [0, 0.1) is 0 Å². The first kappa shape index (κ1) is 67.7. The molecule has 22 aromatic rings. The fourth-order valence-corrected chi connectivity index (χ4v) is 28.3. The maximum Gasteiger partial charge on any atom is 0.179 e. The normalized spacial score (nSPS) is 11.9. The molecule has 0 saturated carbocycles. The van der Waals surface area contributed by atoms with E-state index in [1.54, 1.807) is 0 Å². The van der Waals surface area contributed by atoms with E-state index in [2.05, 4.69) is 479 Å². The molecule has 4 nitrogen and oxygen atoms in total. The Hall–Kier alpha value is -14.4. The Balaban J connectivity index is 0.000000143. The van der Waals surface area contributed by atoms with Crippen LogP contribution in [0.4, 0.5) is 0 Å². The molecule has 0 aliphatic carbocycles. The van der Waals surface area contributed by atoms with Crippen LogP contribution in [0.25, 0.3) is 132 Å². The average Bonchev–Trinajstić information content (AvgIpc) is 1.41.